The van der Waals surface area contributed by atoms with Crippen molar-refractivity contribution in [2.45, 2.75) is 20.0 Å². The molecule has 0 saturated carbocycles. The van der Waals surface area contributed by atoms with Crippen LogP contribution < -0.4 is 0 Å². The van der Waals surface area contributed by atoms with Gasteiger partial charge in [-0.3, -0.25) is 4.79 Å². The Balaban J connectivity index is 1.54. The van der Waals surface area contributed by atoms with E-state index in [0.717, 1.165) is 38.5 Å². The van der Waals surface area contributed by atoms with Crippen molar-refractivity contribution < 1.29 is 4.79 Å². The second-order valence-corrected chi connectivity index (χ2v) is 7.74. The fourth-order valence-electron chi connectivity index (χ4n) is 4.07. The molecule has 0 radical (unpaired) electrons. The van der Waals surface area contributed by atoms with E-state index in [4.69, 9.17) is 0 Å². The van der Waals surface area contributed by atoms with Gasteiger partial charge in [-0.2, -0.15) is 0 Å². The molecule has 4 heteroatoms. The van der Waals surface area contributed by atoms with Gasteiger partial charge < -0.3 is 14.9 Å². The number of nitrogens with one attached hydrogen (secondary N) is 2. The van der Waals surface area contributed by atoms with Crippen molar-refractivity contribution in [3.63, 3.8) is 0 Å². The Morgan fingerprint density at radius 1 is 0.733 bits per heavy atom. The van der Waals surface area contributed by atoms with E-state index in [1.54, 1.807) is 0 Å². The Bertz CT molecular complexity index is 1250. The van der Waals surface area contributed by atoms with Crippen molar-refractivity contribution in [1.82, 2.24) is 14.9 Å². The number of amides is 1. The third kappa shape index (κ3) is 3.37. The summed E-state index contributed by atoms with van der Waals surface area (Å²) in [5.74, 6) is 0.0371. The molecule has 0 bridgehead atoms. The number of carbonyl (C=O) groups is 1. The third-order valence-electron chi connectivity index (χ3n) is 5.68. The van der Waals surface area contributed by atoms with Crippen molar-refractivity contribution in [1.29, 1.82) is 0 Å². The first-order chi connectivity index (χ1) is 14.7. The van der Waals surface area contributed by atoms with Crippen molar-refractivity contribution in [2.24, 2.45) is 0 Å². The summed E-state index contributed by atoms with van der Waals surface area (Å²) < 4.78 is 0. The largest absolute Gasteiger partial charge is 0.361 e. The number of H-pyrrole nitrogens is 2. The zero-order chi connectivity index (χ0) is 20.5. The second-order valence-electron chi connectivity index (χ2n) is 7.74. The van der Waals surface area contributed by atoms with Crippen LogP contribution >= 0.6 is 0 Å². The summed E-state index contributed by atoms with van der Waals surface area (Å²) in [6.07, 6.45) is 3.89. The Kier molecular flexibility index (Phi) is 4.60. The normalized spacial score (nSPS) is 11.2. The molecule has 5 rings (SSSR count). The van der Waals surface area contributed by atoms with Gasteiger partial charge in [0.05, 0.1) is 0 Å². The van der Waals surface area contributed by atoms with Crippen LogP contribution in [0.2, 0.25) is 0 Å². The van der Waals surface area contributed by atoms with E-state index in [-0.39, 0.29) is 5.91 Å². The lowest BCUT2D eigenvalue weighted by atomic mass is 10.1. The highest BCUT2D eigenvalue weighted by Crippen LogP contribution is 2.24. The monoisotopic (exact) mass is 393 g/mol. The minimum absolute atomic E-state index is 0.0371. The number of rotatable bonds is 5. The van der Waals surface area contributed by atoms with Gasteiger partial charge in [0.25, 0.3) is 5.91 Å². The third-order valence-corrected chi connectivity index (χ3v) is 5.68. The van der Waals surface area contributed by atoms with E-state index in [9.17, 15) is 4.79 Å². The highest BCUT2D eigenvalue weighted by molar-refractivity contribution is 5.95. The minimum atomic E-state index is 0.0371. The zero-order valence-corrected chi connectivity index (χ0v) is 16.9. The molecule has 148 valence electrons. The summed E-state index contributed by atoms with van der Waals surface area (Å²) in [6, 6.07) is 24.4. The number of aromatic amines is 2. The van der Waals surface area contributed by atoms with Crippen LogP contribution in [0.4, 0.5) is 0 Å². The van der Waals surface area contributed by atoms with Gasteiger partial charge in [-0.05, 0) is 54.4 Å². The topological polar surface area (TPSA) is 51.9 Å². The number of benzene rings is 3. The summed E-state index contributed by atoms with van der Waals surface area (Å²) >= 11 is 0. The summed E-state index contributed by atoms with van der Waals surface area (Å²) in [5.41, 5.74) is 6.30. The van der Waals surface area contributed by atoms with Crippen LogP contribution in [0.1, 0.15) is 27.0 Å². The predicted molar refractivity (Wildman–Crippen MR) is 121 cm³/mol. The van der Waals surface area contributed by atoms with Crippen molar-refractivity contribution in [3.05, 3.63) is 107 Å². The lowest BCUT2D eigenvalue weighted by Crippen LogP contribution is -2.30. The van der Waals surface area contributed by atoms with Gasteiger partial charge in [-0.1, -0.05) is 42.0 Å². The summed E-state index contributed by atoms with van der Waals surface area (Å²) in [6.45, 7) is 3.12. The molecule has 0 spiro atoms. The predicted octanol–water partition coefficient (Wildman–Crippen LogP) is 5.80. The van der Waals surface area contributed by atoms with Gasteiger partial charge in [0.2, 0.25) is 0 Å². The minimum Gasteiger partial charge on any atom is -0.361 e. The summed E-state index contributed by atoms with van der Waals surface area (Å²) in [4.78, 5) is 22.0. The van der Waals surface area contributed by atoms with Crippen LogP contribution in [0.15, 0.2) is 85.2 Å². The van der Waals surface area contributed by atoms with E-state index in [0.29, 0.717) is 18.7 Å². The molecule has 2 heterocycles. The van der Waals surface area contributed by atoms with E-state index in [1.165, 1.54) is 0 Å². The van der Waals surface area contributed by atoms with Crippen LogP contribution in [0.25, 0.3) is 21.8 Å². The smallest absolute Gasteiger partial charge is 0.254 e. The van der Waals surface area contributed by atoms with Crippen molar-refractivity contribution in [2.75, 3.05) is 0 Å². The van der Waals surface area contributed by atoms with Gasteiger partial charge in [0, 0.05) is 52.9 Å². The highest BCUT2D eigenvalue weighted by Gasteiger charge is 2.19. The quantitative estimate of drug-likeness (QED) is 0.389. The molecule has 5 aromatic rings. The fourth-order valence-corrected chi connectivity index (χ4v) is 4.07. The number of nitrogens with zero attached hydrogens (tertiary/aromatic N) is 1. The van der Waals surface area contributed by atoms with Crippen molar-refractivity contribution >= 4 is 27.7 Å². The first-order valence-corrected chi connectivity index (χ1v) is 10.1. The average molecular weight is 393 g/mol. The highest BCUT2D eigenvalue weighted by atomic mass is 16.2. The van der Waals surface area contributed by atoms with Gasteiger partial charge in [0.15, 0.2) is 0 Å². The molecule has 0 unspecified atom stereocenters. The number of aryl methyl sites for hydroxylation is 1. The van der Waals surface area contributed by atoms with Crippen LogP contribution in [0.3, 0.4) is 0 Å². The van der Waals surface area contributed by atoms with Gasteiger partial charge in [-0.25, -0.2) is 0 Å². The molecule has 0 aliphatic heterocycles. The molecule has 0 fully saturated rings. The van der Waals surface area contributed by atoms with E-state index < -0.39 is 0 Å². The Morgan fingerprint density at radius 2 is 1.27 bits per heavy atom. The molecule has 0 aliphatic rings. The molecule has 2 aromatic heterocycles. The second kappa shape index (κ2) is 7.56. The summed E-state index contributed by atoms with van der Waals surface area (Å²) in [7, 11) is 0. The number of hydrogen-bond acceptors (Lipinski definition) is 1. The number of hydrogen-bond donors (Lipinski definition) is 2. The van der Waals surface area contributed by atoms with Crippen molar-refractivity contribution in [3.8, 4) is 0 Å². The van der Waals surface area contributed by atoms with Gasteiger partial charge >= 0.3 is 0 Å². The maximum absolute atomic E-state index is 13.5. The molecule has 2 N–H and O–H groups in total. The molecule has 4 nitrogen and oxygen atoms in total. The average Bonchev–Trinajstić information content (AvgIpc) is 3.43. The lowest BCUT2D eigenvalue weighted by Gasteiger charge is -2.24. The summed E-state index contributed by atoms with van der Waals surface area (Å²) in [5, 5.41) is 2.30. The lowest BCUT2D eigenvalue weighted by molar-refractivity contribution is 0.0731. The first kappa shape index (κ1) is 18.3. The van der Waals surface area contributed by atoms with E-state index >= 15 is 0 Å². The maximum atomic E-state index is 13.5. The molecule has 30 heavy (non-hydrogen) atoms. The molecular formula is C26H23N3O. The Morgan fingerprint density at radius 3 is 1.80 bits per heavy atom. The standard InChI is InChI=1S/C26H23N3O/c1-18-8-10-19(11-9-18)26(30)29(16-20-4-2-6-24-22(20)12-14-27-24)17-21-5-3-7-25-23(21)13-15-28-25/h2-15,27-28H,16-17H2,1H3. The number of carbonyl (C=O) groups excluding carboxylic acids is 1. The van der Waals surface area contributed by atoms with Gasteiger partial charge in [0.1, 0.15) is 0 Å². The zero-order valence-electron chi connectivity index (χ0n) is 16.9. The molecule has 3 aromatic carbocycles. The fraction of sp³-hybridized carbons (Fsp3) is 0.115. The molecular weight excluding hydrogens is 370 g/mol. The first-order valence-electron chi connectivity index (χ1n) is 10.1. The molecule has 0 saturated heterocycles. The molecule has 1 amide bonds. The van der Waals surface area contributed by atoms with Crippen LogP contribution in [-0.4, -0.2) is 20.8 Å². The van der Waals surface area contributed by atoms with E-state index in [1.807, 2.05) is 60.6 Å². The van der Waals surface area contributed by atoms with Crippen LogP contribution in [0.5, 0.6) is 0 Å². The molecule has 0 atom stereocenters. The Labute approximate surface area is 175 Å². The van der Waals surface area contributed by atoms with Crippen LogP contribution in [-0.2, 0) is 13.1 Å². The van der Waals surface area contributed by atoms with E-state index in [2.05, 4.69) is 46.4 Å². The SMILES string of the molecule is Cc1ccc(C(=O)N(Cc2cccc3[nH]ccc23)Cc2cccc3[nH]ccc23)cc1. The Hall–Kier alpha value is -3.79. The maximum Gasteiger partial charge on any atom is 0.254 e. The number of aromatic nitrogens is 2. The van der Waals surface area contributed by atoms with Gasteiger partial charge in [-0.15, -0.1) is 0 Å². The molecule has 0 aliphatic carbocycles. The van der Waals surface area contributed by atoms with Crippen LogP contribution in [0, 0.1) is 6.92 Å². The number of fused-ring (bicyclic) bond motifs is 2.